The van der Waals surface area contributed by atoms with Crippen molar-refractivity contribution >= 4 is 17.8 Å². The molecular weight excluding hydrogens is 218 g/mol. The molecule has 0 fully saturated rings. The number of carboxylic acids is 1. The van der Waals surface area contributed by atoms with Crippen LogP contribution < -0.4 is 0 Å². The van der Waals surface area contributed by atoms with Gasteiger partial charge in [-0.2, -0.15) is 0 Å². The Balaban J connectivity index is 0.000000487. The van der Waals surface area contributed by atoms with Gasteiger partial charge in [0, 0.05) is 26.2 Å². The van der Waals surface area contributed by atoms with Crippen LogP contribution in [0.25, 0.3) is 0 Å². The number of hydroxylamine groups is 2. The van der Waals surface area contributed by atoms with E-state index in [9.17, 15) is 9.59 Å². The summed E-state index contributed by atoms with van der Waals surface area (Å²) in [6.07, 6.45) is 2.32. The minimum atomic E-state index is -0.833. The zero-order valence-corrected chi connectivity index (χ0v) is 9.00. The van der Waals surface area contributed by atoms with Crippen LogP contribution in [-0.2, 0) is 24.0 Å². The average Bonchev–Trinajstić information content (AvgIpc) is 2.48. The number of imide groups is 1. The van der Waals surface area contributed by atoms with E-state index in [4.69, 9.17) is 14.7 Å². The van der Waals surface area contributed by atoms with Crippen LogP contribution in [0.3, 0.4) is 0 Å². The number of amides is 2. The van der Waals surface area contributed by atoms with Gasteiger partial charge in [-0.1, -0.05) is 0 Å². The Hall–Kier alpha value is -1.73. The number of rotatable bonds is 4. The third-order valence-corrected chi connectivity index (χ3v) is 1.28. The zero-order chi connectivity index (χ0) is 12.6. The maximum absolute atomic E-state index is 10.8. The van der Waals surface area contributed by atoms with Gasteiger partial charge in [-0.05, 0) is 0 Å². The van der Waals surface area contributed by atoms with Crippen molar-refractivity contribution in [3.8, 4) is 0 Å². The molecule has 0 aromatic carbocycles. The number of carboxylic acid groups (broad SMARTS) is 1. The van der Waals surface area contributed by atoms with Gasteiger partial charge in [-0.25, -0.2) is 0 Å². The fraction of sp³-hybridized carbons (Fsp3) is 0.444. The van der Waals surface area contributed by atoms with Crippen LogP contribution in [0.15, 0.2) is 12.2 Å². The summed E-state index contributed by atoms with van der Waals surface area (Å²) >= 11 is 0. The molecule has 0 aliphatic carbocycles. The number of ether oxygens (including phenoxy) is 1. The van der Waals surface area contributed by atoms with Crippen LogP contribution in [0.4, 0.5) is 0 Å². The van der Waals surface area contributed by atoms with E-state index in [1.54, 1.807) is 0 Å². The van der Waals surface area contributed by atoms with Gasteiger partial charge in [0.25, 0.3) is 17.8 Å². The van der Waals surface area contributed by atoms with Crippen molar-refractivity contribution < 1.29 is 29.1 Å². The zero-order valence-electron chi connectivity index (χ0n) is 9.00. The van der Waals surface area contributed by atoms with Gasteiger partial charge in [-0.3, -0.25) is 19.2 Å². The van der Waals surface area contributed by atoms with Crippen molar-refractivity contribution in [1.29, 1.82) is 0 Å². The molecular formula is C9H13NO6. The Labute approximate surface area is 92.2 Å². The van der Waals surface area contributed by atoms with Gasteiger partial charge in [0.1, 0.15) is 0 Å². The van der Waals surface area contributed by atoms with E-state index < -0.39 is 17.8 Å². The van der Waals surface area contributed by atoms with E-state index in [0.717, 1.165) is 19.1 Å². The first-order valence-electron chi connectivity index (χ1n) is 4.36. The summed E-state index contributed by atoms with van der Waals surface area (Å²) in [7, 11) is 1.51. The lowest BCUT2D eigenvalue weighted by molar-refractivity contribution is -0.188. The smallest absolute Gasteiger partial charge is 0.300 e. The highest BCUT2D eigenvalue weighted by Gasteiger charge is 2.24. The van der Waals surface area contributed by atoms with Gasteiger partial charge in [-0.15, -0.1) is 5.06 Å². The first-order chi connectivity index (χ1) is 7.49. The quantitative estimate of drug-likeness (QED) is 0.521. The van der Waals surface area contributed by atoms with Crippen molar-refractivity contribution in [3.05, 3.63) is 12.2 Å². The highest BCUT2D eigenvalue weighted by atomic mass is 16.7. The third-order valence-electron chi connectivity index (χ3n) is 1.28. The van der Waals surface area contributed by atoms with Crippen molar-refractivity contribution in [1.82, 2.24) is 5.06 Å². The molecule has 0 aromatic rings. The summed E-state index contributed by atoms with van der Waals surface area (Å²) < 4.78 is 4.68. The maximum Gasteiger partial charge on any atom is 0.300 e. The highest BCUT2D eigenvalue weighted by molar-refractivity contribution is 6.11. The lowest BCUT2D eigenvalue weighted by atomic mass is 10.6. The predicted octanol–water partition coefficient (Wildman–Crippen LogP) is -0.420. The standard InChI is InChI=1S/C7H9NO4.C2H4O2/c1-11-4-5-12-8-6(9)2-3-7(8)10;1-2(3)4/h2-3H,4-5H2,1H3;1H3,(H,3,4). The van der Waals surface area contributed by atoms with E-state index in [1.807, 2.05) is 0 Å². The molecule has 0 saturated carbocycles. The summed E-state index contributed by atoms with van der Waals surface area (Å²) in [4.78, 5) is 35.5. The monoisotopic (exact) mass is 231 g/mol. The molecule has 1 aliphatic rings. The molecule has 7 heteroatoms. The molecule has 0 saturated heterocycles. The van der Waals surface area contributed by atoms with Crippen LogP contribution in [0.1, 0.15) is 6.92 Å². The third kappa shape index (κ3) is 5.89. The SMILES string of the molecule is CC(=O)O.COCCON1C(=O)C=CC1=O. The Morgan fingerprint density at radius 3 is 2.12 bits per heavy atom. The minimum Gasteiger partial charge on any atom is -0.481 e. The minimum absolute atomic E-state index is 0.190. The van der Waals surface area contributed by atoms with Crippen LogP contribution in [0.2, 0.25) is 0 Å². The normalized spacial score (nSPS) is 13.8. The molecule has 0 unspecified atom stereocenters. The second kappa shape index (κ2) is 7.55. The number of hydrogen-bond donors (Lipinski definition) is 1. The molecule has 0 spiro atoms. The molecule has 16 heavy (non-hydrogen) atoms. The summed E-state index contributed by atoms with van der Waals surface area (Å²) in [6, 6.07) is 0. The van der Waals surface area contributed by atoms with Crippen molar-refractivity contribution in [2.75, 3.05) is 20.3 Å². The molecule has 0 aromatic heterocycles. The van der Waals surface area contributed by atoms with E-state index in [2.05, 4.69) is 4.74 Å². The second-order valence-electron chi connectivity index (χ2n) is 2.65. The summed E-state index contributed by atoms with van der Waals surface area (Å²) in [5.41, 5.74) is 0. The highest BCUT2D eigenvalue weighted by Crippen LogP contribution is 2.03. The molecule has 1 heterocycles. The molecule has 1 rings (SSSR count). The Morgan fingerprint density at radius 2 is 1.75 bits per heavy atom. The van der Waals surface area contributed by atoms with Crippen molar-refractivity contribution in [2.45, 2.75) is 6.92 Å². The number of nitrogens with zero attached hydrogens (tertiary/aromatic N) is 1. The largest absolute Gasteiger partial charge is 0.481 e. The van der Waals surface area contributed by atoms with E-state index in [0.29, 0.717) is 11.7 Å². The van der Waals surface area contributed by atoms with Crippen molar-refractivity contribution in [3.63, 3.8) is 0 Å². The summed E-state index contributed by atoms with van der Waals surface area (Å²) in [5, 5.41) is 8.12. The Morgan fingerprint density at radius 1 is 1.31 bits per heavy atom. The topological polar surface area (TPSA) is 93.1 Å². The van der Waals surface area contributed by atoms with Crippen LogP contribution in [0, 0.1) is 0 Å². The fourth-order valence-corrected chi connectivity index (χ4v) is 0.726. The van der Waals surface area contributed by atoms with Gasteiger partial charge in [0.2, 0.25) is 0 Å². The molecule has 1 N–H and O–H groups in total. The van der Waals surface area contributed by atoms with Crippen LogP contribution >= 0.6 is 0 Å². The number of hydrogen-bond acceptors (Lipinski definition) is 5. The Kier molecular flexibility index (Phi) is 6.73. The number of carbonyl (C=O) groups excluding carboxylic acids is 2. The van der Waals surface area contributed by atoms with Crippen LogP contribution in [0.5, 0.6) is 0 Å². The Bertz CT molecular complexity index is 276. The first-order valence-corrected chi connectivity index (χ1v) is 4.36. The van der Waals surface area contributed by atoms with Crippen LogP contribution in [-0.4, -0.2) is 48.3 Å². The predicted molar refractivity (Wildman–Crippen MR) is 52.1 cm³/mol. The molecule has 2 amide bonds. The fourth-order valence-electron chi connectivity index (χ4n) is 0.726. The summed E-state index contributed by atoms with van der Waals surface area (Å²) in [6.45, 7) is 1.62. The van der Waals surface area contributed by atoms with Gasteiger partial charge in [0.05, 0.1) is 13.2 Å². The van der Waals surface area contributed by atoms with E-state index >= 15 is 0 Å². The second-order valence-corrected chi connectivity index (χ2v) is 2.65. The van der Waals surface area contributed by atoms with Crippen molar-refractivity contribution in [2.24, 2.45) is 0 Å². The van der Waals surface area contributed by atoms with E-state index in [1.165, 1.54) is 7.11 Å². The molecule has 0 radical (unpaired) electrons. The average molecular weight is 231 g/mol. The summed E-state index contributed by atoms with van der Waals surface area (Å²) in [5.74, 6) is -1.73. The molecule has 7 nitrogen and oxygen atoms in total. The van der Waals surface area contributed by atoms with Gasteiger partial charge in [0.15, 0.2) is 0 Å². The lowest BCUT2D eigenvalue weighted by Gasteiger charge is -2.12. The molecule has 1 aliphatic heterocycles. The molecule has 0 bridgehead atoms. The number of aliphatic carboxylic acids is 1. The lowest BCUT2D eigenvalue weighted by Crippen LogP contribution is -2.31. The van der Waals surface area contributed by atoms with Gasteiger partial charge < -0.3 is 9.84 Å². The van der Waals surface area contributed by atoms with Gasteiger partial charge >= 0.3 is 0 Å². The van der Waals surface area contributed by atoms with E-state index in [-0.39, 0.29) is 6.61 Å². The molecule has 0 atom stereocenters. The first kappa shape index (κ1) is 14.3. The number of methoxy groups -OCH3 is 1. The maximum atomic E-state index is 10.8. The number of carbonyl (C=O) groups is 3. The molecule has 90 valence electrons.